The Labute approximate surface area is 169 Å². The third-order valence-corrected chi connectivity index (χ3v) is 4.53. The number of nitrogens with one attached hydrogen (secondary N) is 2. The van der Waals surface area contributed by atoms with Crippen molar-refractivity contribution < 1.29 is 14.3 Å². The first-order valence-corrected chi connectivity index (χ1v) is 9.46. The van der Waals surface area contributed by atoms with Gasteiger partial charge in [-0.25, -0.2) is 9.97 Å². The van der Waals surface area contributed by atoms with E-state index in [-0.39, 0.29) is 11.9 Å². The lowest BCUT2D eigenvalue weighted by molar-refractivity contribution is 0.0934. The van der Waals surface area contributed by atoms with Gasteiger partial charge < -0.3 is 20.1 Å². The van der Waals surface area contributed by atoms with Crippen LogP contribution in [0.1, 0.15) is 34.8 Å². The molecule has 7 nitrogen and oxygen atoms in total. The van der Waals surface area contributed by atoms with Crippen LogP contribution in [0.25, 0.3) is 0 Å². The van der Waals surface area contributed by atoms with E-state index in [1.165, 1.54) is 0 Å². The van der Waals surface area contributed by atoms with E-state index in [1.54, 1.807) is 13.0 Å². The van der Waals surface area contributed by atoms with Crippen LogP contribution in [0.3, 0.4) is 0 Å². The summed E-state index contributed by atoms with van der Waals surface area (Å²) in [5, 5.41) is 6.19. The molecule has 1 atom stereocenters. The van der Waals surface area contributed by atoms with Crippen molar-refractivity contribution in [3.05, 3.63) is 71.7 Å². The van der Waals surface area contributed by atoms with E-state index in [0.29, 0.717) is 36.3 Å². The van der Waals surface area contributed by atoms with Gasteiger partial charge >= 0.3 is 0 Å². The smallest absolute Gasteiger partial charge is 0.270 e. The molecule has 1 aromatic heterocycles. The van der Waals surface area contributed by atoms with Crippen molar-refractivity contribution in [3.8, 4) is 11.5 Å². The standard InChI is InChI=1S/C22H22N4O3/c1-14(16-6-4-3-5-7-16)23-22(27)18-13-21(25-15(2)24-18)26-17-8-9-19-20(12-17)29-11-10-28-19/h3-9,12-14H,10-11H2,1-2H3,(H,23,27)(H,24,25,26). The minimum absolute atomic E-state index is 0.131. The van der Waals surface area contributed by atoms with Crippen molar-refractivity contribution in [2.75, 3.05) is 18.5 Å². The third kappa shape index (κ3) is 4.45. The van der Waals surface area contributed by atoms with Crippen LogP contribution in [0.15, 0.2) is 54.6 Å². The largest absolute Gasteiger partial charge is 0.486 e. The van der Waals surface area contributed by atoms with E-state index in [1.807, 2.05) is 55.5 Å². The predicted octanol–water partition coefficient (Wildman–Crippen LogP) is 3.79. The number of hydrogen-bond acceptors (Lipinski definition) is 6. The van der Waals surface area contributed by atoms with Crippen molar-refractivity contribution in [3.63, 3.8) is 0 Å². The molecule has 2 heterocycles. The van der Waals surface area contributed by atoms with Crippen LogP contribution in [0.2, 0.25) is 0 Å². The van der Waals surface area contributed by atoms with Crippen LogP contribution in [0.5, 0.6) is 11.5 Å². The molecule has 3 aromatic rings. The predicted molar refractivity (Wildman–Crippen MR) is 110 cm³/mol. The zero-order valence-electron chi connectivity index (χ0n) is 16.3. The van der Waals surface area contributed by atoms with Gasteiger partial charge in [0, 0.05) is 17.8 Å². The molecule has 2 aromatic carbocycles. The lowest BCUT2D eigenvalue weighted by atomic mass is 10.1. The summed E-state index contributed by atoms with van der Waals surface area (Å²) in [7, 11) is 0. The van der Waals surface area contributed by atoms with E-state index in [9.17, 15) is 4.79 Å². The Hall–Kier alpha value is -3.61. The zero-order chi connectivity index (χ0) is 20.2. The molecule has 1 aliphatic rings. The first-order chi connectivity index (χ1) is 14.1. The van der Waals surface area contributed by atoms with E-state index in [2.05, 4.69) is 20.6 Å². The number of amides is 1. The molecule has 29 heavy (non-hydrogen) atoms. The number of carbonyl (C=O) groups is 1. The summed E-state index contributed by atoms with van der Waals surface area (Å²) in [6.07, 6.45) is 0. The number of ether oxygens (including phenoxy) is 2. The second-order valence-corrected chi connectivity index (χ2v) is 6.77. The van der Waals surface area contributed by atoms with Gasteiger partial charge in [0.05, 0.1) is 6.04 Å². The van der Waals surface area contributed by atoms with Crippen LogP contribution in [-0.4, -0.2) is 29.1 Å². The minimum Gasteiger partial charge on any atom is -0.486 e. The van der Waals surface area contributed by atoms with Crippen LogP contribution in [0.4, 0.5) is 11.5 Å². The molecular weight excluding hydrogens is 368 g/mol. The van der Waals surface area contributed by atoms with Crippen molar-refractivity contribution in [1.82, 2.24) is 15.3 Å². The van der Waals surface area contributed by atoms with Crippen LogP contribution in [0, 0.1) is 6.92 Å². The van der Waals surface area contributed by atoms with Crippen LogP contribution >= 0.6 is 0 Å². The molecule has 1 aliphatic heterocycles. The summed E-state index contributed by atoms with van der Waals surface area (Å²) in [5.41, 5.74) is 2.12. The molecule has 0 bridgehead atoms. The number of rotatable bonds is 5. The van der Waals surface area contributed by atoms with Gasteiger partial charge in [-0.3, -0.25) is 4.79 Å². The Kier molecular flexibility index (Phi) is 5.29. The summed E-state index contributed by atoms with van der Waals surface area (Å²) < 4.78 is 11.2. The maximum Gasteiger partial charge on any atom is 0.270 e. The average molecular weight is 390 g/mol. The maximum atomic E-state index is 12.7. The number of aryl methyl sites for hydroxylation is 1. The quantitative estimate of drug-likeness (QED) is 0.689. The Balaban J connectivity index is 1.51. The van der Waals surface area contributed by atoms with Gasteiger partial charge in [0.15, 0.2) is 11.5 Å². The van der Waals surface area contributed by atoms with Gasteiger partial charge in [-0.2, -0.15) is 0 Å². The molecule has 1 amide bonds. The highest BCUT2D eigenvalue weighted by Crippen LogP contribution is 2.33. The summed E-state index contributed by atoms with van der Waals surface area (Å²) in [6, 6.07) is 16.9. The monoisotopic (exact) mass is 390 g/mol. The molecule has 0 fully saturated rings. The number of carbonyl (C=O) groups excluding carboxylic acids is 1. The fourth-order valence-electron chi connectivity index (χ4n) is 3.11. The lowest BCUT2D eigenvalue weighted by Gasteiger charge is -2.19. The molecule has 0 saturated carbocycles. The first-order valence-electron chi connectivity index (χ1n) is 9.46. The number of aromatic nitrogens is 2. The zero-order valence-corrected chi connectivity index (χ0v) is 16.3. The van der Waals surface area contributed by atoms with Crippen LogP contribution < -0.4 is 20.1 Å². The molecule has 0 aliphatic carbocycles. The van der Waals surface area contributed by atoms with Gasteiger partial charge in [-0.1, -0.05) is 30.3 Å². The van der Waals surface area contributed by atoms with Gasteiger partial charge in [-0.15, -0.1) is 0 Å². The molecule has 148 valence electrons. The molecular formula is C22H22N4O3. The Morgan fingerprint density at radius 2 is 1.76 bits per heavy atom. The minimum atomic E-state index is -0.253. The van der Waals surface area contributed by atoms with E-state index in [4.69, 9.17) is 9.47 Å². The molecule has 1 unspecified atom stereocenters. The number of fused-ring (bicyclic) bond motifs is 1. The summed E-state index contributed by atoms with van der Waals surface area (Å²) >= 11 is 0. The number of nitrogens with zero attached hydrogens (tertiary/aromatic N) is 2. The van der Waals surface area contributed by atoms with Crippen LogP contribution in [-0.2, 0) is 0 Å². The Bertz CT molecular complexity index is 1020. The number of benzene rings is 2. The fourth-order valence-corrected chi connectivity index (χ4v) is 3.11. The van der Waals surface area contributed by atoms with E-state index in [0.717, 1.165) is 17.0 Å². The summed E-state index contributed by atoms with van der Waals surface area (Å²) in [6.45, 7) is 4.76. The normalized spacial score (nSPS) is 13.4. The highest BCUT2D eigenvalue weighted by Gasteiger charge is 2.16. The molecule has 7 heteroatoms. The number of anilines is 2. The highest BCUT2D eigenvalue weighted by molar-refractivity contribution is 5.93. The number of hydrogen-bond donors (Lipinski definition) is 2. The van der Waals surface area contributed by atoms with Crippen molar-refractivity contribution in [1.29, 1.82) is 0 Å². The van der Waals surface area contributed by atoms with Crippen molar-refractivity contribution >= 4 is 17.4 Å². The average Bonchev–Trinajstić information content (AvgIpc) is 2.74. The summed E-state index contributed by atoms with van der Waals surface area (Å²) in [5.74, 6) is 2.19. The first kappa shape index (κ1) is 18.7. The SMILES string of the molecule is Cc1nc(Nc2ccc3c(c2)OCCO3)cc(C(=O)NC(C)c2ccccc2)n1. The molecule has 4 rings (SSSR count). The van der Waals surface area contributed by atoms with Crippen molar-refractivity contribution in [2.45, 2.75) is 19.9 Å². The molecule has 0 saturated heterocycles. The second-order valence-electron chi connectivity index (χ2n) is 6.77. The molecule has 0 radical (unpaired) electrons. The van der Waals surface area contributed by atoms with Crippen molar-refractivity contribution in [2.24, 2.45) is 0 Å². The highest BCUT2D eigenvalue weighted by atomic mass is 16.6. The van der Waals surface area contributed by atoms with Gasteiger partial charge in [-0.05, 0) is 31.5 Å². The van der Waals surface area contributed by atoms with E-state index < -0.39 is 0 Å². The van der Waals surface area contributed by atoms with Gasteiger partial charge in [0.25, 0.3) is 5.91 Å². The summed E-state index contributed by atoms with van der Waals surface area (Å²) in [4.78, 5) is 21.4. The topological polar surface area (TPSA) is 85.4 Å². The molecule has 0 spiro atoms. The van der Waals surface area contributed by atoms with E-state index >= 15 is 0 Å². The molecule has 2 N–H and O–H groups in total. The fraction of sp³-hybridized carbons (Fsp3) is 0.227. The van der Waals surface area contributed by atoms with Gasteiger partial charge in [0.1, 0.15) is 30.5 Å². The third-order valence-electron chi connectivity index (χ3n) is 4.53. The Morgan fingerprint density at radius 1 is 1.00 bits per heavy atom. The second kappa shape index (κ2) is 8.18. The maximum absolute atomic E-state index is 12.7. The lowest BCUT2D eigenvalue weighted by Crippen LogP contribution is -2.27. The van der Waals surface area contributed by atoms with Gasteiger partial charge in [0.2, 0.25) is 0 Å². The Morgan fingerprint density at radius 3 is 2.55 bits per heavy atom.